The number of nitrogens with one attached hydrogen (secondary N) is 8. The highest BCUT2D eigenvalue weighted by Gasteiger charge is 2.52. The minimum Gasteiger partial charge on any atom is -0.481 e. The normalized spacial score (nSPS) is 25.0. The molecule has 37 nitrogen and oxygen atoms in total. The Labute approximate surface area is 845 Å². The van der Waals surface area contributed by atoms with Crippen molar-refractivity contribution in [2.75, 3.05) is 43.3 Å². The summed E-state index contributed by atoms with van der Waals surface area (Å²) in [5.41, 5.74) is 8.58. The van der Waals surface area contributed by atoms with Crippen LogP contribution in [0.15, 0.2) is 117 Å². The molecule has 13 aliphatic carbocycles. The van der Waals surface area contributed by atoms with Crippen LogP contribution in [0.2, 0.25) is 0 Å². The molecule has 0 aromatic carbocycles. The van der Waals surface area contributed by atoms with Gasteiger partial charge in [-0.2, -0.15) is 20.4 Å². The van der Waals surface area contributed by atoms with Crippen LogP contribution in [0, 0.1) is 132 Å². The quantitative estimate of drug-likeness (QED) is 0.0236. The van der Waals surface area contributed by atoms with E-state index < -0.39 is 52.9 Å². The summed E-state index contributed by atoms with van der Waals surface area (Å²) in [6.45, 7) is 5.66. The predicted octanol–water partition coefficient (Wildman–Crippen LogP) is 17.5. The van der Waals surface area contributed by atoms with Gasteiger partial charge >= 0.3 is 23.9 Å². The largest absolute Gasteiger partial charge is 0.481 e. The second kappa shape index (κ2) is 43.2. The number of hydrogen-bond acceptors (Lipinski definition) is 29. The second-order valence-electron chi connectivity index (χ2n) is 41.3. The number of piperidine rings is 1. The second-order valence-corrected chi connectivity index (χ2v) is 41.3. The van der Waals surface area contributed by atoms with Gasteiger partial charge in [-0.1, -0.05) is 6.42 Å². The number of aryl methyl sites for hydroxylation is 2. The molecule has 42 heteroatoms. The highest BCUT2D eigenvalue weighted by atomic mass is 19.1. The highest BCUT2D eigenvalue weighted by Crippen LogP contribution is 2.54. The number of ether oxygens (including phenoxy) is 2. The monoisotopic (exact) mass is 2020 g/mol. The number of anilines is 3. The smallest absolute Gasteiger partial charge is 0.311 e. The lowest BCUT2D eigenvalue weighted by atomic mass is 9.57. The molecule has 10 atom stereocenters. The number of nitrogens with zero attached hydrogens (tertiary/aromatic N) is 20. The summed E-state index contributed by atoms with van der Waals surface area (Å²) in [6, 6.07) is 14.7. The van der Waals surface area contributed by atoms with Gasteiger partial charge in [0.1, 0.15) is 28.4 Å². The first-order valence-electron chi connectivity index (χ1n) is 51.4. The van der Waals surface area contributed by atoms with Gasteiger partial charge in [-0.25, -0.2) is 96.7 Å². The van der Waals surface area contributed by atoms with E-state index in [2.05, 4.69) is 136 Å². The Morgan fingerprint density at radius 2 is 0.777 bits per heavy atom. The maximum atomic E-state index is 14.6. The molecule has 0 radical (unpaired) electrons. The van der Waals surface area contributed by atoms with Gasteiger partial charge in [-0.05, 0) is 293 Å². The molecule has 15 aromatic rings. The Bertz CT molecular complexity index is 7050. The maximum Gasteiger partial charge on any atom is 0.311 e. The molecule has 148 heavy (non-hydrogen) atoms. The van der Waals surface area contributed by atoms with Crippen molar-refractivity contribution in [2.24, 2.45) is 88.8 Å². The summed E-state index contributed by atoms with van der Waals surface area (Å²) >= 11 is 0. The Balaban J connectivity index is 0.000000108. The van der Waals surface area contributed by atoms with Crippen LogP contribution in [-0.4, -0.2) is 211 Å². The molecule has 0 spiro atoms. The van der Waals surface area contributed by atoms with Crippen LogP contribution in [0.1, 0.15) is 177 Å². The number of fused-ring (bicyclic) bond motifs is 17. The van der Waals surface area contributed by atoms with E-state index in [4.69, 9.17) is 9.47 Å². The number of aliphatic carboxylic acids is 2. The summed E-state index contributed by atoms with van der Waals surface area (Å²) in [7, 11) is 2.81. The van der Waals surface area contributed by atoms with Crippen molar-refractivity contribution < 1.29 is 65.6 Å². The number of hydrogen-bond donors (Lipinski definition) is 10. The van der Waals surface area contributed by atoms with Gasteiger partial charge in [0.2, 0.25) is 5.91 Å². The van der Waals surface area contributed by atoms with E-state index in [1.54, 1.807) is 49.3 Å². The van der Waals surface area contributed by atoms with Crippen LogP contribution in [0.5, 0.6) is 0 Å². The molecule has 14 aliphatic rings. The lowest BCUT2D eigenvalue weighted by Crippen LogP contribution is -2.52. The van der Waals surface area contributed by atoms with E-state index in [1.807, 2.05) is 55.1 Å². The standard InChI is InChI=1S/C24H29FN6O.2C21H22FN5O2.2C20H21FN6O2/c25-20-15-28-23(19-14-27-22-18(19)8-5-9-26-22)30-24(20)29-17-7-4-6-16(12-17)13-21(32)31-10-2-1-3-11-31;2*1-10-6-14-18(26-27-19(14)23-8-10)20-24-9-15(22)16(25-20)7-13-11-2-4-12(5-3-11)17(13)21(28)29;2*1-29-20(28)14-10-4-6-11(7-5-10)15(14)24-18-13(21)9-23-19(25-18)16-12-3-2-8-22-17(12)27-26-16/h5,8-9,14-17H,1-4,6-7,10-13H2,(H,26,27)(H,28,29,30);2*6,8-9,11-13,17H,2-5,7H2,1H3,(H,28,29)(H,23,26,27);2*2-3,8-11,14-15H,4-7H2,1H3,(H,22,26,27)(H,23,24,25)/t16-,17?;2*11?,12?,13-,17-;2*10?,11?,14-,15?/m11010/s1. The molecule has 8 bridgehead atoms. The van der Waals surface area contributed by atoms with Crippen molar-refractivity contribution in [1.82, 2.24) is 125 Å². The van der Waals surface area contributed by atoms with Gasteiger partial charge in [0.25, 0.3) is 0 Å². The zero-order valence-electron chi connectivity index (χ0n) is 82.2. The third-order valence-corrected chi connectivity index (χ3v) is 32.7. The van der Waals surface area contributed by atoms with Gasteiger partial charge in [-0.3, -0.25) is 44.4 Å². The van der Waals surface area contributed by atoms with Crippen LogP contribution < -0.4 is 16.0 Å². The zero-order valence-corrected chi connectivity index (χ0v) is 82.2. The van der Waals surface area contributed by atoms with Crippen LogP contribution in [0.3, 0.4) is 0 Å². The minimum atomic E-state index is -0.764. The number of carbonyl (C=O) groups is 5. The lowest BCUT2D eigenvalue weighted by Gasteiger charge is -2.47. The number of carbonyl (C=O) groups excluding carboxylic acids is 3. The molecule has 768 valence electrons. The number of likely N-dealkylation sites (tertiary alicyclic amines) is 1. The van der Waals surface area contributed by atoms with Gasteiger partial charge in [-0.15, -0.1) is 0 Å². The first-order chi connectivity index (χ1) is 72.0. The molecule has 16 heterocycles. The number of esters is 2. The van der Waals surface area contributed by atoms with Crippen molar-refractivity contribution >= 4 is 102 Å². The van der Waals surface area contributed by atoms with Crippen molar-refractivity contribution in [3.05, 3.63) is 168 Å². The van der Waals surface area contributed by atoms with E-state index in [9.17, 15) is 56.1 Å². The van der Waals surface area contributed by atoms with Crippen molar-refractivity contribution in [3.8, 4) is 57.5 Å². The zero-order chi connectivity index (χ0) is 102. The van der Waals surface area contributed by atoms with Crippen LogP contribution in [0.25, 0.3) is 113 Å². The first kappa shape index (κ1) is 99.0. The molecular formula is C106H115F5N28O9. The fraction of sp³-hybridized carbons (Fsp3) is 0.472. The Morgan fingerprint density at radius 1 is 0.399 bits per heavy atom. The highest BCUT2D eigenvalue weighted by molar-refractivity contribution is 5.94. The Hall–Kier alpha value is -15.0. The molecule has 15 aromatic heterocycles. The predicted molar refractivity (Wildman–Crippen MR) is 535 cm³/mol. The molecule has 1 saturated heterocycles. The number of amides is 1. The van der Waals surface area contributed by atoms with Crippen molar-refractivity contribution in [2.45, 2.75) is 199 Å². The van der Waals surface area contributed by atoms with E-state index >= 15 is 0 Å². The molecule has 29 rings (SSSR count). The molecule has 1 aliphatic heterocycles. The summed E-state index contributed by atoms with van der Waals surface area (Å²) in [6.07, 6.45) is 40.7. The fourth-order valence-corrected chi connectivity index (χ4v) is 25.5. The Morgan fingerprint density at radius 3 is 1.22 bits per heavy atom. The summed E-state index contributed by atoms with van der Waals surface area (Å²) < 4.78 is 83.0. The van der Waals surface area contributed by atoms with Gasteiger partial charge in [0.05, 0.1) is 91.0 Å². The Kier molecular flexibility index (Phi) is 28.9. The average molecular weight is 2020 g/mol. The number of methoxy groups -OCH3 is 2. The average Bonchev–Trinajstić information content (AvgIpc) is 1.22. The van der Waals surface area contributed by atoms with Crippen LogP contribution in [0.4, 0.5) is 39.4 Å². The van der Waals surface area contributed by atoms with E-state index in [-0.39, 0.29) is 112 Å². The number of rotatable bonds is 21. The van der Waals surface area contributed by atoms with Gasteiger partial charge < -0.3 is 45.5 Å². The van der Waals surface area contributed by atoms with E-state index in [0.717, 1.165) is 216 Å². The molecule has 13 saturated carbocycles. The SMILES string of the molecule is COC(=O)[C@@H]1C2CCC(CC2)C1Nc1nc(-c2[nH]nc3ncccc23)ncc1F.COC(=O)[C@H]1C2CCC(CC2)C1Nc1nc(-c2[nH]nc3ncccc23)ncc1F.Cc1cnc2n[nH]c(-c3ncc(F)c(C[C@@H]4C5CCC(CC5)[C@H]4C(=O)O)n3)c2c1.Cc1cnc2n[nH]c(-c3ncc(F)c(C[C@H]4C5CCC(CC5)[C@@H]4C(=O)O)n3)c2c1.O=C(C[C@@H]1CCCC(Nc2nc(-c3c[nH]c4ncccc34)ncc2F)C1)N1CCCCC1. The molecule has 3 unspecified atom stereocenters. The number of aromatic amines is 5. The first-order valence-corrected chi connectivity index (χ1v) is 51.4. The summed E-state index contributed by atoms with van der Waals surface area (Å²) in [5, 5.41) is 61.5. The number of pyridine rings is 5. The third-order valence-electron chi connectivity index (χ3n) is 32.7. The summed E-state index contributed by atoms with van der Waals surface area (Å²) in [4.78, 5) is 131. The topological polar surface area (TPSA) is 507 Å². The number of H-pyrrole nitrogens is 5. The number of halogens is 5. The lowest BCUT2D eigenvalue weighted by molar-refractivity contribution is -0.153. The van der Waals surface area contributed by atoms with Crippen LogP contribution >= 0.6 is 0 Å². The number of carboxylic acids is 2. The number of carboxylic acid groups (broad SMARTS) is 2. The van der Waals surface area contributed by atoms with E-state index in [1.165, 1.54) is 39.2 Å². The number of aromatic nitrogens is 24. The van der Waals surface area contributed by atoms with Gasteiger partial charge in [0, 0.05) is 96.5 Å². The molecule has 10 N–H and O–H groups in total. The maximum absolute atomic E-state index is 14.6. The van der Waals surface area contributed by atoms with Crippen molar-refractivity contribution in [1.29, 1.82) is 0 Å². The fourth-order valence-electron chi connectivity index (χ4n) is 25.5. The van der Waals surface area contributed by atoms with E-state index in [0.29, 0.717) is 123 Å². The molecular weight excluding hydrogens is 1900 g/mol. The third kappa shape index (κ3) is 20.6. The summed E-state index contributed by atoms with van der Waals surface area (Å²) in [5.74, 6) is -1.19. The van der Waals surface area contributed by atoms with Gasteiger partial charge in [0.15, 0.2) is 98.3 Å². The van der Waals surface area contributed by atoms with Crippen LogP contribution in [-0.2, 0) is 46.3 Å². The molecule has 14 fully saturated rings. The van der Waals surface area contributed by atoms with Crippen molar-refractivity contribution in [3.63, 3.8) is 0 Å². The molecule has 1 amide bonds. The minimum absolute atomic E-state index is 0.0836.